The van der Waals surface area contributed by atoms with E-state index >= 15 is 0 Å². The molecule has 19 heavy (non-hydrogen) atoms. The van der Waals surface area contributed by atoms with Crippen molar-refractivity contribution in [1.29, 1.82) is 0 Å². The normalized spacial score (nSPS) is 10.8. The lowest BCUT2D eigenvalue weighted by Gasteiger charge is -2.10. The van der Waals surface area contributed by atoms with Crippen LogP contribution in [0.3, 0.4) is 0 Å². The first-order valence-corrected chi connectivity index (χ1v) is 5.98. The van der Waals surface area contributed by atoms with E-state index in [1.807, 2.05) is 38.2 Å². The monoisotopic (exact) mass is 254 g/mol. The third-order valence-corrected chi connectivity index (χ3v) is 2.91. The van der Waals surface area contributed by atoms with Gasteiger partial charge < -0.3 is 10.5 Å². The number of nitrogens with zero attached hydrogens (tertiary/aromatic N) is 3. The Morgan fingerprint density at radius 1 is 1.26 bits per heavy atom. The molecule has 1 aromatic carbocycles. The Morgan fingerprint density at radius 2 is 2.11 bits per heavy atom. The minimum absolute atomic E-state index is 0.394. The topological polar surface area (TPSA) is 65.4 Å². The first kappa shape index (κ1) is 11.5. The number of hydrogen-bond acceptors (Lipinski definition) is 4. The molecule has 0 unspecified atom stereocenters. The molecule has 0 fully saturated rings. The average Bonchev–Trinajstić information content (AvgIpc) is 2.82. The molecule has 0 amide bonds. The first-order valence-electron chi connectivity index (χ1n) is 5.98. The van der Waals surface area contributed by atoms with Gasteiger partial charge in [-0.1, -0.05) is 12.1 Å². The zero-order valence-electron chi connectivity index (χ0n) is 10.8. The van der Waals surface area contributed by atoms with Gasteiger partial charge in [0.1, 0.15) is 11.6 Å². The van der Waals surface area contributed by atoms with Crippen molar-refractivity contribution in [2.45, 2.75) is 13.8 Å². The number of nitrogens with two attached hydrogens (primary N) is 1. The molecule has 0 saturated carbocycles. The van der Waals surface area contributed by atoms with Crippen LogP contribution in [0.15, 0.2) is 36.8 Å². The molecule has 0 atom stereocenters. The van der Waals surface area contributed by atoms with Gasteiger partial charge in [-0.2, -0.15) is 4.98 Å². The Labute approximate surface area is 110 Å². The number of aromatic nitrogens is 3. The summed E-state index contributed by atoms with van der Waals surface area (Å²) in [5.74, 6) is 1.58. The highest BCUT2D eigenvalue weighted by Gasteiger charge is 2.10. The molecular formula is C14H14N4O. The number of anilines is 1. The summed E-state index contributed by atoms with van der Waals surface area (Å²) in [6.45, 7) is 4.01. The Morgan fingerprint density at radius 3 is 2.95 bits per heavy atom. The largest absolute Gasteiger partial charge is 0.436 e. The van der Waals surface area contributed by atoms with E-state index in [1.54, 1.807) is 16.8 Å². The van der Waals surface area contributed by atoms with Crippen LogP contribution in [-0.2, 0) is 0 Å². The van der Waals surface area contributed by atoms with Gasteiger partial charge >= 0.3 is 0 Å². The summed E-state index contributed by atoms with van der Waals surface area (Å²) in [6.07, 6.45) is 5.20. The summed E-state index contributed by atoms with van der Waals surface area (Å²) in [5, 5.41) is 0. The highest BCUT2D eigenvalue weighted by atomic mass is 16.5. The molecule has 3 rings (SSSR count). The SMILES string of the molecule is Cc1ccc(C)c(Oc2nc(N)cn3ccnc23)c1. The molecule has 2 aromatic heterocycles. The quantitative estimate of drug-likeness (QED) is 0.763. The van der Waals surface area contributed by atoms with Crippen molar-refractivity contribution < 1.29 is 4.74 Å². The molecule has 0 aliphatic heterocycles. The van der Waals surface area contributed by atoms with Crippen LogP contribution in [-0.4, -0.2) is 14.4 Å². The second-order valence-corrected chi connectivity index (χ2v) is 4.50. The maximum absolute atomic E-state index is 5.87. The van der Waals surface area contributed by atoms with Gasteiger partial charge in [0.15, 0.2) is 0 Å². The van der Waals surface area contributed by atoms with Crippen molar-refractivity contribution in [3.63, 3.8) is 0 Å². The molecule has 0 aliphatic rings. The average molecular weight is 254 g/mol. The molecule has 5 heteroatoms. The van der Waals surface area contributed by atoms with Crippen LogP contribution in [0.4, 0.5) is 5.82 Å². The number of rotatable bonds is 2. The number of nitrogen functional groups attached to an aromatic ring is 1. The minimum atomic E-state index is 0.394. The number of hydrogen-bond donors (Lipinski definition) is 1. The molecule has 0 saturated heterocycles. The second-order valence-electron chi connectivity index (χ2n) is 4.50. The molecule has 96 valence electrons. The molecule has 2 heterocycles. The van der Waals surface area contributed by atoms with Crippen LogP contribution in [0.25, 0.3) is 5.65 Å². The summed E-state index contributed by atoms with van der Waals surface area (Å²) in [7, 11) is 0. The van der Waals surface area contributed by atoms with Crippen molar-refractivity contribution in [3.05, 3.63) is 47.9 Å². The second kappa shape index (κ2) is 4.28. The summed E-state index contributed by atoms with van der Waals surface area (Å²) in [6, 6.07) is 6.03. The lowest BCUT2D eigenvalue weighted by atomic mass is 10.1. The van der Waals surface area contributed by atoms with E-state index in [-0.39, 0.29) is 0 Å². The molecule has 0 radical (unpaired) electrons. The zero-order valence-corrected chi connectivity index (χ0v) is 10.8. The van der Waals surface area contributed by atoms with E-state index in [0.717, 1.165) is 16.9 Å². The summed E-state index contributed by atoms with van der Waals surface area (Å²) in [5.41, 5.74) is 8.58. The van der Waals surface area contributed by atoms with Crippen molar-refractivity contribution in [2.75, 3.05) is 5.73 Å². The number of benzene rings is 1. The number of fused-ring (bicyclic) bond motifs is 1. The summed E-state index contributed by atoms with van der Waals surface area (Å²) in [4.78, 5) is 8.44. The van der Waals surface area contributed by atoms with Crippen molar-refractivity contribution >= 4 is 11.5 Å². The van der Waals surface area contributed by atoms with Crippen LogP contribution in [0.5, 0.6) is 11.6 Å². The van der Waals surface area contributed by atoms with E-state index < -0.39 is 0 Å². The number of ether oxygens (including phenoxy) is 1. The van der Waals surface area contributed by atoms with Gasteiger partial charge in [0.2, 0.25) is 5.65 Å². The van der Waals surface area contributed by atoms with Crippen LogP contribution in [0.1, 0.15) is 11.1 Å². The van der Waals surface area contributed by atoms with Crippen molar-refractivity contribution in [1.82, 2.24) is 14.4 Å². The van der Waals surface area contributed by atoms with E-state index in [4.69, 9.17) is 10.5 Å². The van der Waals surface area contributed by atoms with Crippen LogP contribution >= 0.6 is 0 Å². The van der Waals surface area contributed by atoms with Gasteiger partial charge in [0.25, 0.3) is 5.88 Å². The Hall–Kier alpha value is -2.56. The lowest BCUT2D eigenvalue weighted by Crippen LogP contribution is -1.99. The minimum Gasteiger partial charge on any atom is -0.436 e. The van der Waals surface area contributed by atoms with Gasteiger partial charge in [0.05, 0.1) is 6.20 Å². The van der Waals surface area contributed by atoms with Crippen molar-refractivity contribution in [2.24, 2.45) is 0 Å². The molecule has 2 N–H and O–H groups in total. The predicted octanol–water partition coefficient (Wildman–Crippen LogP) is 2.72. The molecule has 0 spiro atoms. The predicted molar refractivity (Wildman–Crippen MR) is 73.4 cm³/mol. The zero-order chi connectivity index (χ0) is 13.4. The Balaban J connectivity index is 2.10. The summed E-state index contributed by atoms with van der Waals surface area (Å²) >= 11 is 0. The van der Waals surface area contributed by atoms with E-state index in [9.17, 15) is 0 Å². The van der Waals surface area contributed by atoms with Gasteiger partial charge in [-0.05, 0) is 31.0 Å². The smallest absolute Gasteiger partial charge is 0.265 e. The highest BCUT2D eigenvalue weighted by molar-refractivity contribution is 5.54. The van der Waals surface area contributed by atoms with Gasteiger partial charge in [-0.15, -0.1) is 0 Å². The highest BCUT2D eigenvalue weighted by Crippen LogP contribution is 2.27. The fraction of sp³-hybridized carbons (Fsp3) is 0.143. The maximum Gasteiger partial charge on any atom is 0.265 e. The van der Waals surface area contributed by atoms with Gasteiger partial charge in [0, 0.05) is 12.4 Å². The Kier molecular flexibility index (Phi) is 2.59. The standard InChI is InChI=1S/C14H14N4O/c1-9-3-4-10(2)11(7-9)19-14-13-16-5-6-18(13)8-12(15)17-14/h3-8H,15H2,1-2H3. The van der Waals surface area contributed by atoms with E-state index in [1.165, 1.54) is 0 Å². The van der Waals surface area contributed by atoms with Gasteiger partial charge in [-0.25, -0.2) is 4.98 Å². The van der Waals surface area contributed by atoms with E-state index in [0.29, 0.717) is 17.3 Å². The number of imidazole rings is 1. The van der Waals surface area contributed by atoms with Crippen molar-refractivity contribution in [3.8, 4) is 11.6 Å². The third-order valence-electron chi connectivity index (χ3n) is 2.91. The third kappa shape index (κ3) is 2.10. The summed E-state index contributed by atoms with van der Waals surface area (Å²) < 4.78 is 7.66. The van der Waals surface area contributed by atoms with Gasteiger partial charge in [-0.3, -0.25) is 4.40 Å². The number of aryl methyl sites for hydroxylation is 2. The van der Waals surface area contributed by atoms with Crippen LogP contribution in [0, 0.1) is 13.8 Å². The molecule has 0 aliphatic carbocycles. The molecule has 5 nitrogen and oxygen atoms in total. The lowest BCUT2D eigenvalue weighted by molar-refractivity contribution is 0.462. The fourth-order valence-electron chi connectivity index (χ4n) is 1.91. The fourth-order valence-corrected chi connectivity index (χ4v) is 1.91. The maximum atomic E-state index is 5.87. The first-order chi connectivity index (χ1) is 9.13. The van der Waals surface area contributed by atoms with E-state index in [2.05, 4.69) is 9.97 Å². The molecule has 3 aromatic rings. The Bertz CT molecular complexity index is 748. The van der Waals surface area contributed by atoms with Crippen LogP contribution < -0.4 is 10.5 Å². The molecular weight excluding hydrogens is 240 g/mol. The molecule has 0 bridgehead atoms. The van der Waals surface area contributed by atoms with Crippen LogP contribution in [0.2, 0.25) is 0 Å².